The smallest absolute Gasteiger partial charge is 0.0151 e. The van der Waals surface area contributed by atoms with E-state index in [1.165, 1.54) is 0 Å². The van der Waals surface area contributed by atoms with Gasteiger partial charge in [0.15, 0.2) is 0 Å². The van der Waals surface area contributed by atoms with Crippen LogP contribution in [0.3, 0.4) is 0 Å². The third-order valence-electron chi connectivity index (χ3n) is 2.19. The molecule has 42 valence electrons. The van der Waals surface area contributed by atoms with Crippen molar-refractivity contribution in [2.75, 3.05) is 23.0 Å². The van der Waals surface area contributed by atoms with Gasteiger partial charge in [0.05, 0.1) is 0 Å². The molecular weight excluding hydrogens is 104 g/mol. The summed E-state index contributed by atoms with van der Waals surface area (Å²) in [6.45, 7) is 0. The zero-order chi connectivity index (χ0) is 4.74. The van der Waals surface area contributed by atoms with E-state index in [-0.39, 0.29) is 10.0 Å². The van der Waals surface area contributed by atoms with Crippen molar-refractivity contribution in [2.24, 2.45) is 0 Å². The van der Waals surface area contributed by atoms with Gasteiger partial charge in [-0.1, -0.05) is 0 Å². The zero-order valence-corrected chi connectivity index (χ0v) is 5.47. The molecule has 0 atom stereocenters. The van der Waals surface area contributed by atoms with Gasteiger partial charge >= 0.3 is 0 Å². The summed E-state index contributed by atoms with van der Waals surface area (Å²) in [6, 6.07) is 0. The van der Waals surface area contributed by atoms with E-state index in [0.717, 1.165) is 0 Å². The fourth-order valence-corrected chi connectivity index (χ4v) is 5.04. The predicted octanol–water partition coefficient (Wildman–Crippen LogP) is 1.60. The molecule has 0 N–H and O–H groups in total. The van der Waals surface area contributed by atoms with Crippen LogP contribution in [0.4, 0.5) is 0 Å². The molecule has 2 aliphatic rings. The van der Waals surface area contributed by atoms with E-state index in [1.54, 1.807) is 35.9 Å². The third-order valence-corrected chi connectivity index (χ3v) is 6.06. The van der Waals surface area contributed by atoms with Crippen LogP contribution >= 0.6 is 10.0 Å². The predicted molar refractivity (Wildman–Crippen MR) is 36.3 cm³/mol. The van der Waals surface area contributed by atoms with E-state index < -0.39 is 0 Å². The Morgan fingerprint density at radius 1 is 0.714 bits per heavy atom. The summed E-state index contributed by atoms with van der Waals surface area (Å²) in [5.41, 5.74) is 0. The maximum atomic E-state index is 1.65. The van der Waals surface area contributed by atoms with Crippen molar-refractivity contribution in [3.05, 3.63) is 0 Å². The second-order valence-electron chi connectivity index (χ2n) is 2.75. The minimum absolute atomic E-state index is 0.204. The maximum absolute atomic E-state index is 1.65. The molecule has 7 heavy (non-hydrogen) atoms. The van der Waals surface area contributed by atoms with Crippen LogP contribution in [0.5, 0.6) is 0 Å². The summed E-state index contributed by atoms with van der Waals surface area (Å²) in [7, 11) is 0.204. The molecule has 0 aromatic rings. The average molecular weight is 116 g/mol. The minimum atomic E-state index is 0.204. The molecule has 0 aliphatic carbocycles. The molecule has 2 aliphatic heterocycles. The summed E-state index contributed by atoms with van der Waals surface area (Å²) in [5.74, 6) is 6.58. The van der Waals surface area contributed by atoms with Crippen molar-refractivity contribution in [3.63, 3.8) is 0 Å². The second kappa shape index (κ2) is 1.19. The average Bonchev–Trinajstić information content (AvgIpc) is 2.15. The van der Waals surface area contributed by atoms with Crippen molar-refractivity contribution in [3.8, 4) is 0 Å². The first-order chi connectivity index (χ1) is 3.41. The lowest BCUT2D eigenvalue weighted by Gasteiger charge is -2.06. The molecule has 2 heterocycles. The summed E-state index contributed by atoms with van der Waals surface area (Å²) < 4.78 is 0. The normalized spacial score (nSPS) is 38.9. The molecule has 2 fully saturated rings. The van der Waals surface area contributed by atoms with Gasteiger partial charge < -0.3 is 0 Å². The lowest BCUT2D eigenvalue weighted by atomic mass is 10.4. The molecule has 1 heteroatoms. The summed E-state index contributed by atoms with van der Waals surface area (Å²) in [4.78, 5) is 0. The molecule has 0 aromatic heterocycles. The summed E-state index contributed by atoms with van der Waals surface area (Å²) >= 11 is 0. The van der Waals surface area contributed by atoms with E-state index in [1.807, 2.05) is 0 Å². The Morgan fingerprint density at radius 3 is 1.57 bits per heavy atom. The first kappa shape index (κ1) is 4.25. The van der Waals surface area contributed by atoms with Crippen molar-refractivity contribution < 1.29 is 0 Å². The van der Waals surface area contributed by atoms with Crippen molar-refractivity contribution in [1.29, 1.82) is 0 Å². The summed E-state index contributed by atoms with van der Waals surface area (Å²) in [5, 5.41) is 0. The standard InChI is InChI=1S/C6H12S/c1-2-4-7(3-1)5-6-7/h1-6H2. The molecule has 0 aromatic carbocycles. The first-order valence-electron chi connectivity index (χ1n) is 3.15. The Balaban J connectivity index is 2.07. The molecule has 1 spiro atoms. The number of hydrogen-bond donors (Lipinski definition) is 0. The largest absolute Gasteiger partial charge is 0.239 e. The monoisotopic (exact) mass is 116 g/mol. The minimum Gasteiger partial charge on any atom is -0.239 e. The molecular formula is C6H12S. The molecule has 2 rings (SSSR count). The number of rotatable bonds is 0. The van der Waals surface area contributed by atoms with Crippen LogP contribution in [0, 0.1) is 0 Å². The second-order valence-corrected chi connectivity index (χ2v) is 6.83. The van der Waals surface area contributed by atoms with Crippen LogP contribution in [0.25, 0.3) is 0 Å². The van der Waals surface area contributed by atoms with Crippen molar-refractivity contribution in [2.45, 2.75) is 12.8 Å². The molecule has 0 bridgehead atoms. The molecule has 2 saturated heterocycles. The number of hydrogen-bond acceptors (Lipinski definition) is 0. The highest BCUT2D eigenvalue weighted by atomic mass is 32.3. The highest BCUT2D eigenvalue weighted by molar-refractivity contribution is 8.39. The van der Waals surface area contributed by atoms with Crippen LogP contribution in [-0.4, -0.2) is 23.0 Å². The lowest BCUT2D eigenvalue weighted by molar-refractivity contribution is 0.949. The van der Waals surface area contributed by atoms with Crippen molar-refractivity contribution in [1.82, 2.24) is 0 Å². The van der Waals surface area contributed by atoms with Crippen LogP contribution < -0.4 is 0 Å². The molecule has 0 saturated carbocycles. The van der Waals surface area contributed by atoms with Gasteiger partial charge in [0.2, 0.25) is 0 Å². The Hall–Kier alpha value is 0.350. The quantitative estimate of drug-likeness (QED) is 0.422. The van der Waals surface area contributed by atoms with Gasteiger partial charge in [-0.05, 0) is 35.9 Å². The van der Waals surface area contributed by atoms with Gasteiger partial charge in [0.25, 0.3) is 0 Å². The third kappa shape index (κ3) is 0.584. The SMILES string of the molecule is C1CCS2(C1)CC2. The Morgan fingerprint density at radius 2 is 1.29 bits per heavy atom. The van der Waals surface area contributed by atoms with E-state index in [9.17, 15) is 0 Å². The molecule has 0 unspecified atom stereocenters. The van der Waals surface area contributed by atoms with Crippen LogP contribution in [0.15, 0.2) is 0 Å². The van der Waals surface area contributed by atoms with E-state index >= 15 is 0 Å². The van der Waals surface area contributed by atoms with Crippen LogP contribution in [-0.2, 0) is 0 Å². The fraction of sp³-hybridized carbons (Fsp3) is 1.00. The summed E-state index contributed by atoms with van der Waals surface area (Å²) in [6.07, 6.45) is 3.13. The van der Waals surface area contributed by atoms with Gasteiger partial charge in [-0.3, -0.25) is 0 Å². The van der Waals surface area contributed by atoms with Crippen molar-refractivity contribution >= 4 is 10.0 Å². The van der Waals surface area contributed by atoms with Crippen LogP contribution in [0.1, 0.15) is 12.8 Å². The van der Waals surface area contributed by atoms with Crippen LogP contribution in [0.2, 0.25) is 0 Å². The molecule has 0 nitrogen and oxygen atoms in total. The zero-order valence-electron chi connectivity index (χ0n) is 4.65. The first-order valence-corrected chi connectivity index (χ1v) is 5.46. The molecule has 0 radical (unpaired) electrons. The highest BCUT2D eigenvalue weighted by Crippen LogP contribution is 2.65. The van der Waals surface area contributed by atoms with E-state index in [2.05, 4.69) is 0 Å². The van der Waals surface area contributed by atoms with Gasteiger partial charge in [0.1, 0.15) is 0 Å². The van der Waals surface area contributed by atoms with Gasteiger partial charge in [-0.15, -0.1) is 0 Å². The lowest BCUT2D eigenvalue weighted by Crippen LogP contribution is -1.77. The van der Waals surface area contributed by atoms with E-state index in [0.29, 0.717) is 0 Å². The van der Waals surface area contributed by atoms with Gasteiger partial charge in [-0.25, -0.2) is 10.0 Å². The maximum Gasteiger partial charge on any atom is -0.0151 e. The van der Waals surface area contributed by atoms with Gasteiger partial charge in [0, 0.05) is 0 Å². The fourth-order valence-electron chi connectivity index (χ4n) is 1.44. The topological polar surface area (TPSA) is 0 Å². The Kier molecular flexibility index (Phi) is 0.724. The van der Waals surface area contributed by atoms with E-state index in [4.69, 9.17) is 0 Å². The van der Waals surface area contributed by atoms with Gasteiger partial charge in [-0.2, -0.15) is 0 Å². The molecule has 0 amide bonds. The Bertz CT molecular complexity index is 76.2. The Labute approximate surface area is 46.6 Å². The highest BCUT2D eigenvalue weighted by Gasteiger charge is 2.38.